The van der Waals surface area contributed by atoms with Gasteiger partial charge in [0.1, 0.15) is 22.6 Å². The minimum absolute atomic E-state index is 0.0651. The normalized spacial score (nSPS) is 18.6. The maximum absolute atomic E-state index is 15.2. The summed E-state index contributed by atoms with van der Waals surface area (Å²) in [5.74, 6) is -0.425. The number of fused-ring (bicyclic) bond motifs is 3. The molecule has 9 nitrogen and oxygen atoms in total. The summed E-state index contributed by atoms with van der Waals surface area (Å²) in [6.07, 6.45) is 9.10. The Morgan fingerprint density at radius 1 is 1.11 bits per heavy atom. The summed E-state index contributed by atoms with van der Waals surface area (Å²) in [7, 11) is 3.58. The highest BCUT2D eigenvalue weighted by atomic mass is 19.1. The third-order valence-corrected chi connectivity index (χ3v) is 6.78. The first-order valence-corrected chi connectivity index (χ1v) is 11.7. The molecule has 0 N–H and O–H groups in total. The number of aromatic nitrogens is 6. The van der Waals surface area contributed by atoms with Crippen LogP contribution in [0.2, 0.25) is 0 Å². The number of rotatable bonds is 4. The number of nitrogens with zero attached hydrogens (tertiary/aromatic N) is 6. The predicted molar refractivity (Wildman–Crippen MR) is 128 cm³/mol. The summed E-state index contributed by atoms with van der Waals surface area (Å²) < 4.78 is 32.2. The van der Waals surface area contributed by atoms with E-state index in [2.05, 4.69) is 22.1 Å². The Morgan fingerprint density at radius 2 is 1.86 bits per heavy atom. The molecule has 1 aliphatic rings. The van der Waals surface area contributed by atoms with Crippen molar-refractivity contribution in [2.45, 2.75) is 38.3 Å². The summed E-state index contributed by atoms with van der Waals surface area (Å²) in [5.41, 5.74) is 3.14. The lowest BCUT2D eigenvalue weighted by atomic mass is 10.00. The number of furan rings is 1. The molecule has 10 heteroatoms. The maximum Gasteiger partial charge on any atom is 0.349 e. The Labute approximate surface area is 199 Å². The van der Waals surface area contributed by atoms with Gasteiger partial charge in [0.15, 0.2) is 5.58 Å². The van der Waals surface area contributed by atoms with Crippen LogP contribution < -0.4 is 5.69 Å². The van der Waals surface area contributed by atoms with Crippen molar-refractivity contribution in [3.8, 4) is 22.4 Å². The fourth-order valence-electron chi connectivity index (χ4n) is 5.04. The van der Waals surface area contributed by atoms with E-state index < -0.39 is 5.82 Å². The van der Waals surface area contributed by atoms with Gasteiger partial charge in [-0.15, -0.1) is 0 Å². The molecule has 1 saturated heterocycles. The van der Waals surface area contributed by atoms with Crippen molar-refractivity contribution in [3.63, 3.8) is 0 Å². The van der Waals surface area contributed by atoms with Crippen LogP contribution in [-0.4, -0.2) is 41.8 Å². The minimum atomic E-state index is -0.425. The number of halogens is 1. The highest BCUT2D eigenvalue weighted by Crippen LogP contribution is 2.39. The Hall–Kier alpha value is -3.79. The summed E-state index contributed by atoms with van der Waals surface area (Å²) in [4.78, 5) is 18.0. The first kappa shape index (κ1) is 21.7. The van der Waals surface area contributed by atoms with E-state index >= 15 is 4.39 Å². The molecule has 5 heterocycles. The predicted octanol–water partition coefficient (Wildman–Crippen LogP) is 4.21. The molecule has 0 amide bonds. The van der Waals surface area contributed by atoms with E-state index in [0.717, 1.165) is 6.42 Å². The van der Waals surface area contributed by atoms with Gasteiger partial charge in [-0.3, -0.25) is 13.9 Å². The standard InChI is InChI=1S/C25H25FN6O3/c1-4-17-7-16(5-6-34-17)32-23-19-8-18(14-10-27-30(2)12-14)20(26)9-21(19)35-24(23)22(29-25(32)33)15-11-28-31(3)13-15/h8-13,16-17H,4-7H2,1-3H3. The molecule has 35 heavy (non-hydrogen) atoms. The summed E-state index contributed by atoms with van der Waals surface area (Å²) in [5, 5.41) is 9.07. The topological polar surface area (TPSA) is 92.9 Å². The third-order valence-electron chi connectivity index (χ3n) is 6.78. The molecule has 6 rings (SSSR count). The van der Waals surface area contributed by atoms with E-state index in [4.69, 9.17) is 9.15 Å². The molecule has 180 valence electrons. The van der Waals surface area contributed by atoms with Gasteiger partial charge in [0.2, 0.25) is 0 Å². The second kappa shape index (κ2) is 8.16. The molecular weight excluding hydrogens is 451 g/mol. The second-order valence-corrected chi connectivity index (χ2v) is 9.11. The van der Waals surface area contributed by atoms with Crippen LogP contribution in [0.5, 0.6) is 0 Å². The van der Waals surface area contributed by atoms with Crippen LogP contribution in [0.25, 0.3) is 44.5 Å². The second-order valence-electron chi connectivity index (χ2n) is 9.11. The minimum Gasteiger partial charge on any atom is -0.452 e. The van der Waals surface area contributed by atoms with Gasteiger partial charge in [-0.25, -0.2) is 9.18 Å². The molecule has 5 aromatic rings. The first-order chi connectivity index (χ1) is 16.9. The largest absolute Gasteiger partial charge is 0.452 e. The van der Waals surface area contributed by atoms with Gasteiger partial charge in [0, 0.05) is 67.3 Å². The van der Waals surface area contributed by atoms with Gasteiger partial charge in [0.25, 0.3) is 0 Å². The van der Waals surface area contributed by atoms with E-state index in [-0.39, 0.29) is 17.8 Å². The zero-order valence-electron chi connectivity index (χ0n) is 19.7. The molecule has 2 atom stereocenters. The number of benzene rings is 1. The zero-order chi connectivity index (χ0) is 24.3. The van der Waals surface area contributed by atoms with Gasteiger partial charge >= 0.3 is 5.69 Å². The molecular formula is C25H25FN6O3. The van der Waals surface area contributed by atoms with Crippen molar-refractivity contribution < 1.29 is 13.5 Å². The average Bonchev–Trinajstić information content (AvgIpc) is 3.56. The van der Waals surface area contributed by atoms with Crippen molar-refractivity contribution in [3.05, 3.63) is 53.2 Å². The molecule has 1 aliphatic heterocycles. The van der Waals surface area contributed by atoms with Crippen LogP contribution in [0.1, 0.15) is 32.2 Å². The fourth-order valence-corrected chi connectivity index (χ4v) is 5.04. The van der Waals surface area contributed by atoms with E-state index in [1.165, 1.54) is 6.07 Å². The van der Waals surface area contributed by atoms with Crippen molar-refractivity contribution >= 4 is 22.1 Å². The van der Waals surface area contributed by atoms with Crippen molar-refractivity contribution in [2.75, 3.05) is 6.61 Å². The van der Waals surface area contributed by atoms with Crippen LogP contribution in [0.3, 0.4) is 0 Å². The van der Waals surface area contributed by atoms with Crippen LogP contribution in [0.4, 0.5) is 4.39 Å². The zero-order valence-corrected chi connectivity index (χ0v) is 19.7. The van der Waals surface area contributed by atoms with E-state index in [0.29, 0.717) is 63.9 Å². The molecule has 0 aliphatic carbocycles. The summed E-state index contributed by atoms with van der Waals surface area (Å²) in [6.45, 7) is 2.64. The van der Waals surface area contributed by atoms with E-state index in [9.17, 15) is 4.79 Å². The van der Waals surface area contributed by atoms with Crippen LogP contribution in [0, 0.1) is 5.82 Å². The van der Waals surface area contributed by atoms with Crippen molar-refractivity contribution in [1.29, 1.82) is 0 Å². The Kier molecular flexibility index (Phi) is 5.06. The molecule has 0 spiro atoms. The lowest BCUT2D eigenvalue weighted by Crippen LogP contribution is -2.34. The lowest BCUT2D eigenvalue weighted by molar-refractivity contribution is -0.00709. The SMILES string of the molecule is CCC1CC(n2c(=O)nc(-c3cnn(C)c3)c3oc4cc(F)c(-c5cnn(C)c5)cc4c32)CCO1. The number of hydrogen-bond acceptors (Lipinski definition) is 6. The molecule has 1 aromatic carbocycles. The first-order valence-electron chi connectivity index (χ1n) is 11.7. The highest BCUT2D eigenvalue weighted by molar-refractivity contribution is 6.08. The molecule has 4 aromatic heterocycles. The van der Waals surface area contributed by atoms with Gasteiger partial charge in [-0.05, 0) is 25.3 Å². The number of aryl methyl sites for hydroxylation is 2. The van der Waals surface area contributed by atoms with E-state index in [1.54, 1.807) is 58.9 Å². The van der Waals surface area contributed by atoms with Crippen molar-refractivity contribution in [1.82, 2.24) is 29.1 Å². The maximum atomic E-state index is 15.2. The third kappa shape index (κ3) is 3.56. The fraction of sp³-hybridized carbons (Fsp3) is 0.360. The summed E-state index contributed by atoms with van der Waals surface area (Å²) in [6, 6.07) is 3.01. The Balaban J connectivity index is 1.68. The molecule has 0 bridgehead atoms. The average molecular weight is 477 g/mol. The van der Waals surface area contributed by atoms with Crippen molar-refractivity contribution in [2.24, 2.45) is 14.1 Å². The monoisotopic (exact) mass is 476 g/mol. The molecule has 0 radical (unpaired) electrons. The molecule has 1 fully saturated rings. The molecule has 0 saturated carbocycles. The van der Waals surface area contributed by atoms with Gasteiger partial charge in [-0.2, -0.15) is 15.2 Å². The van der Waals surface area contributed by atoms with E-state index in [1.807, 2.05) is 0 Å². The number of ether oxygens (including phenoxy) is 1. The smallest absolute Gasteiger partial charge is 0.349 e. The van der Waals surface area contributed by atoms with Crippen LogP contribution in [-0.2, 0) is 18.8 Å². The Morgan fingerprint density at radius 3 is 2.54 bits per heavy atom. The quantitative estimate of drug-likeness (QED) is 0.386. The molecule has 2 unspecified atom stereocenters. The van der Waals surface area contributed by atoms with Gasteiger partial charge in [0.05, 0.1) is 18.5 Å². The summed E-state index contributed by atoms with van der Waals surface area (Å²) >= 11 is 0. The van der Waals surface area contributed by atoms with Gasteiger partial charge in [-0.1, -0.05) is 6.92 Å². The van der Waals surface area contributed by atoms with Crippen LogP contribution >= 0.6 is 0 Å². The van der Waals surface area contributed by atoms with Gasteiger partial charge < -0.3 is 9.15 Å². The number of hydrogen-bond donors (Lipinski definition) is 0. The lowest BCUT2D eigenvalue weighted by Gasteiger charge is -2.30. The Bertz CT molecular complexity index is 1630. The highest BCUT2D eigenvalue weighted by Gasteiger charge is 2.29. The van der Waals surface area contributed by atoms with Crippen LogP contribution in [0.15, 0.2) is 46.1 Å².